The van der Waals surface area contributed by atoms with Gasteiger partial charge in [-0.15, -0.1) is 0 Å². The number of carbonyl (C=O) groups is 1. The molecule has 3 aromatic rings. The fraction of sp³-hybridized carbons (Fsp3) is 0.250. The molecule has 0 spiro atoms. The van der Waals surface area contributed by atoms with Gasteiger partial charge in [-0.05, 0) is 65.3 Å². The molecule has 0 atom stereocenters. The molecule has 0 aliphatic heterocycles. The van der Waals surface area contributed by atoms with Crippen LogP contribution in [-0.2, 0) is 6.54 Å². The number of carbonyl (C=O) groups excluding carboxylic acids is 1. The molecule has 1 aromatic heterocycles. The summed E-state index contributed by atoms with van der Waals surface area (Å²) in [5, 5.41) is 1.04. The van der Waals surface area contributed by atoms with Gasteiger partial charge in [-0.25, -0.2) is 0 Å². The number of halogens is 1. The van der Waals surface area contributed by atoms with E-state index in [-0.39, 0.29) is 5.78 Å². The van der Waals surface area contributed by atoms with E-state index < -0.39 is 0 Å². The minimum atomic E-state index is 0.0981. The average molecular weight is 417 g/mol. The first-order valence-corrected chi connectivity index (χ1v) is 9.02. The van der Waals surface area contributed by atoms with Crippen molar-refractivity contribution in [2.45, 2.75) is 26.8 Å². The number of aryl methyl sites for hydroxylation is 1. The summed E-state index contributed by atoms with van der Waals surface area (Å²) in [6.45, 7) is 5.39. The molecule has 1 heterocycles. The monoisotopic (exact) mass is 417 g/mol. The molecule has 3 heteroatoms. The Bertz CT molecular complexity index is 830. The van der Waals surface area contributed by atoms with Crippen molar-refractivity contribution in [2.75, 3.05) is 0 Å². The van der Waals surface area contributed by atoms with Crippen LogP contribution in [0, 0.1) is 9.49 Å². The summed E-state index contributed by atoms with van der Waals surface area (Å²) in [4.78, 5) is 12.9. The normalized spacial score (nSPS) is 11.3. The first-order valence-electron chi connectivity index (χ1n) is 7.94. The van der Waals surface area contributed by atoms with Crippen molar-refractivity contribution in [3.05, 3.63) is 69.4 Å². The highest BCUT2D eigenvalue weighted by molar-refractivity contribution is 14.1. The molecular formula is C20H20INO. The Morgan fingerprint density at radius 3 is 2.48 bits per heavy atom. The predicted octanol–water partition coefficient (Wildman–Crippen LogP) is 5.52. The first kappa shape index (κ1) is 16.2. The van der Waals surface area contributed by atoms with Gasteiger partial charge in [0.15, 0.2) is 5.78 Å². The number of hydrogen-bond donors (Lipinski definition) is 0. The van der Waals surface area contributed by atoms with Crippen LogP contribution in [0.5, 0.6) is 0 Å². The lowest BCUT2D eigenvalue weighted by Crippen LogP contribution is -2.02. The number of benzene rings is 2. The van der Waals surface area contributed by atoms with Gasteiger partial charge in [-0.3, -0.25) is 4.79 Å². The van der Waals surface area contributed by atoms with Crippen LogP contribution in [0.2, 0.25) is 0 Å². The molecule has 118 valence electrons. The van der Waals surface area contributed by atoms with Crippen molar-refractivity contribution in [1.82, 2.24) is 4.57 Å². The Balaban J connectivity index is 2.03. The van der Waals surface area contributed by atoms with Crippen LogP contribution < -0.4 is 0 Å². The van der Waals surface area contributed by atoms with E-state index in [4.69, 9.17) is 0 Å². The fourth-order valence-corrected chi connectivity index (χ4v) is 3.13. The van der Waals surface area contributed by atoms with E-state index in [0.717, 1.165) is 38.6 Å². The van der Waals surface area contributed by atoms with Gasteiger partial charge in [0.1, 0.15) is 0 Å². The highest BCUT2D eigenvalue weighted by Gasteiger charge is 2.16. The third kappa shape index (κ3) is 3.50. The fourth-order valence-electron chi connectivity index (χ4n) is 2.77. The molecule has 0 fully saturated rings. The Morgan fingerprint density at radius 2 is 1.78 bits per heavy atom. The molecule has 3 rings (SSSR count). The van der Waals surface area contributed by atoms with Gasteiger partial charge in [0.2, 0.25) is 0 Å². The third-order valence-electron chi connectivity index (χ3n) is 4.09. The lowest BCUT2D eigenvalue weighted by molar-refractivity contribution is 0.104. The Kier molecular flexibility index (Phi) is 4.85. The lowest BCUT2D eigenvalue weighted by Gasteiger charge is -2.07. The zero-order valence-electron chi connectivity index (χ0n) is 13.4. The van der Waals surface area contributed by atoms with Crippen molar-refractivity contribution >= 4 is 39.3 Å². The minimum absolute atomic E-state index is 0.0981. The summed E-state index contributed by atoms with van der Waals surface area (Å²) in [7, 11) is 0. The van der Waals surface area contributed by atoms with E-state index in [1.54, 1.807) is 0 Å². The summed E-state index contributed by atoms with van der Waals surface area (Å²) in [5.74, 6) is 0.743. The highest BCUT2D eigenvalue weighted by Crippen LogP contribution is 2.25. The van der Waals surface area contributed by atoms with Gasteiger partial charge in [0.25, 0.3) is 0 Å². The zero-order valence-corrected chi connectivity index (χ0v) is 15.6. The second-order valence-corrected chi connectivity index (χ2v) is 7.52. The van der Waals surface area contributed by atoms with Gasteiger partial charge >= 0.3 is 0 Å². The van der Waals surface area contributed by atoms with Crippen LogP contribution in [0.15, 0.2) is 54.7 Å². The van der Waals surface area contributed by atoms with Crippen LogP contribution in [-0.4, -0.2) is 10.4 Å². The van der Waals surface area contributed by atoms with E-state index in [1.807, 2.05) is 48.7 Å². The first-order chi connectivity index (χ1) is 11.1. The van der Waals surface area contributed by atoms with Crippen LogP contribution in [0.3, 0.4) is 0 Å². The van der Waals surface area contributed by atoms with E-state index in [9.17, 15) is 4.79 Å². The van der Waals surface area contributed by atoms with Crippen LogP contribution in [0.1, 0.15) is 36.2 Å². The smallest absolute Gasteiger partial charge is 0.195 e. The molecule has 2 aromatic carbocycles. The largest absolute Gasteiger partial charge is 0.347 e. The molecule has 0 saturated carbocycles. The maximum atomic E-state index is 12.9. The summed E-state index contributed by atoms with van der Waals surface area (Å²) >= 11 is 2.25. The summed E-state index contributed by atoms with van der Waals surface area (Å²) in [5.41, 5.74) is 2.68. The molecule has 0 amide bonds. The van der Waals surface area contributed by atoms with Crippen molar-refractivity contribution < 1.29 is 4.79 Å². The summed E-state index contributed by atoms with van der Waals surface area (Å²) in [6, 6.07) is 15.9. The topological polar surface area (TPSA) is 22.0 Å². The quantitative estimate of drug-likeness (QED) is 0.396. The second kappa shape index (κ2) is 6.87. The van der Waals surface area contributed by atoms with E-state index >= 15 is 0 Å². The SMILES string of the molecule is CC(C)CCn1cc(C(=O)c2ccc(I)cc2)c2ccccc21. The average Bonchev–Trinajstić information content (AvgIpc) is 2.92. The number of ketones is 1. The Hall–Kier alpha value is -1.62. The maximum Gasteiger partial charge on any atom is 0.195 e. The number of fused-ring (bicyclic) bond motifs is 1. The molecule has 0 aliphatic carbocycles. The lowest BCUT2D eigenvalue weighted by atomic mass is 10.0. The number of aromatic nitrogens is 1. The molecule has 0 radical (unpaired) electrons. The molecule has 0 saturated heterocycles. The number of nitrogens with zero attached hydrogens (tertiary/aromatic N) is 1. The van der Waals surface area contributed by atoms with Crippen molar-refractivity contribution in [1.29, 1.82) is 0 Å². The number of para-hydroxylation sites is 1. The molecule has 23 heavy (non-hydrogen) atoms. The van der Waals surface area contributed by atoms with Gasteiger partial charge in [-0.2, -0.15) is 0 Å². The van der Waals surface area contributed by atoms with Gasteiger partial charge in [-0.1, -0.05) is 32.0 Å². The molecular weight excluding hydrogens is 397 g/mol. The second-order valence-electron chi connectivity index (χ2n) is 6.27. The van der Waals surface area contributed by atoms with E-state index in [2.05, 4.69) is 47.1 Å². The Labute approximate surface area is 150 Å². The molecule has 0 bridgehead atoms. The molecule has 2 nitrogen and oxygen atoms in total. The number of rotatable bonds is 5. The number of hydrogen-bond acceptors (Lipinski definition) is 1. The minimum Gasteiger partial charge on any atom is -0.347 e. The van der Waals surface area contributed by atoms with Crippen LogP contribution in [0.4, 0.5) is 0 Å². The van der Waals surface area contributed by atoms with Crippen LogP contribution >= 0.6 is 22.6 Å². The maximum absolute atomic E-state index is 12.9. The summed E-state index contributed by atoms with van der Waals surface area (Å²) < 4.78 is 3.36. The summed E-state index contributed by atoms with van der Waals surface area (Å²) in [6.07, 6.45) is 3.13. The molecule has 0 unspecified atom stereocenters. The van der Waals surface area contributed by atoms with Crippen molar-refractivity contribution in [3.63, 3.8) is 0 Å². The van der Waals surface area contributed by atoms with E-state index in [1.165, 1.54) is 0 Å². The van der Waals surface area contributed by atoms with Gasteiger partial charge < -0.3 is 4.57 Å². The highest BCUT2D eigenvalue weighted by atomic mass is 127. The van der Waals surface area contributed by atoms with Crippen molar-refractivity contribution in [3.8, 4) is 0 Å². The van der Waals surface area contributed by atoms with Crippen molar-refractivity contribution in [2.24, 2.45) is 5.92 Å². The van der Waals surface area contributed by atoms with Gasteiger partial charge in [0, 0.05) is 38.3 Å². The van der Waals surface area contributed by atoms with Gasteiger partial charge in [0.05, 0.1) is 0 Å². The van der Waals surface area contributed by atoms with E-state index in [0.29, 0.717) is 5.92 Å². The standard InChI is InChI=1S/C20H20INO/c1-14(2)11-12-22-13-18(17-5-3-4-6-19(17)22)20(23)15-7-9-16(21)10-8-15/h3-10,13-14H,11-12H2,1-2H3. The zero-order chi connectivity index (χ0) is 16.4. The predicted molar refractivity (Wildman–Crippen MR) is 104 cm³/mol. The third-order valence-corrected chi connectivity index (χ3v) is 4.81. The van der Waals surface area contributed by atoms with Crippen LogP contribution in [0.25, 0.3) is 10.9 Å². The Morgan fingerprint density at radius 1 is 1.09 bits per heavy atom. The molecule has 0 N–H and O–H groups in total. The molecule has 0 aliphatic rings.